The van der Waals surface area contributed by atoms with Crippen LogP contribution in [0.1, 0.15) is 22.3 Å². The van der Waals surface area contributed by atoms with E-state index in [2.05, 4.69) is 9.98 Å². The zero-order valence-corrected chi connectivity index (χ0v) is 18.8. The van der Waals surface area contributed by atoms with Gasteiger partial charge in [-0.15, -0.1) is 0 Å². The van der Waals surface area contributed by atoms with Crippen LogP contribution in [-0.2, 0) is 20.5 Å². The van der Waals surface area contributed by atoms with E-state index in [4.69, 9.17) is 11.6 Å². The first-order valence-electron chi connectivity index (χ1n) is 10.2. The lowest BCUT2D eigenvalue weighted by atomic mass is 10.0. The van der Waals surface area contributed by atoms with Crippen LogP contribution in [-0.4, -0.2) is 24.9 Å². The predicted octanol–water partition coefficient (Wildman–Crippen LogP) is 3.60. The van der Waals surface area contributed by atoms with Crippen molar-refractivity contribution < 1.29 is 5.11 Å². The Morgan fingerprint density at radius 1 is 0.939 bits per heavy atom. The Hall–Kier alpha value is -3.97. The van der Waals surface area contributed by atoms with Gasteiger partial charge in [-0.2, -0.15) is 0 Å². The standard InChI is InChI=1S/C25H21ClN4O3/c1-29-23(31)21(24(32)30(2)25(29)33)22(19-5-3-4-6-20(19)26)28-18-9-7-16(8-10-18)15-17-11-13-27-14-12-17/h3-14,31H,15H2,1-2H3. The molecule has 2 aromatic heterocycles. The molecule has 4 rings (SSSR count). The first-order chi connectivity index (χ1) is 15.9. The summed E-state index contributed by atoms with van der Waals surface area (Å²) >= 11 is 6.42. The van der Waals surface area contributed by atoms with Crippen molar-refractivity contribution in [2.75, 3.05) is 0 Å². The highest BCUT2D eigenvalue weighted by molar-refractivity contribution is 6.35. The van der Waals surface area contributed by atoms with Crippen LogP contribution in [0.3, 0.4) is 0 Å². The largest absolute Gasteiger partial charge is 0.494 e. The van der Waals surface area contributed by atoms with Crippen molar-refractivity contribution in [3.05, 3.63) is 121 Å². The van der Waals surface area contributed by atoms with Gasteiger partial charge in [0.1, 0.15) is 5.56 Å². The summed E-state index contributed by atoms with van der Waals surface area (Å²) in [5.41, 5.74) is 2.02. The van der Waals surface area contributed by atoms with Crippen molar-refractivity contribution in [2.45, 2.75) is 6.42 Å². The van der Waals surface area contributed by atoms with Crippen LogP contribution in [0.15, 0.2) is 87.6 Å². The van der Waals surface area contributed by atoms with Crippen molar-refractivity contribution in [3.8, 4) is 5.88 Å². The van der Waals surface area contributed by atoms with Gasteiger partial charge in [0.25, 0.3) is 5.56 Å². The maximum atomic E-state index is 13.0. The second kappa shape index (κ2) is 9.26. The Morgan fingerprint density at radius 3 is 2.24 bits per heavy atom. The summed E-state index contributed by atoms with van der Waals surface area (Å²) in [6.07, 6.45) is 4.25. The molecule has 4 aromatic rings. The summed E-state index contributed by atoms with van der Waals surface area (Å²) < 4.78 is 1.93. The molecular weight excluding hydrogens is 440 g/mol. The second-order valence-corrected chi connectivity index (χ2v) is 7.95. The van der Waals surface area contributed by atoms with Gasteiger partial charge in [-0.1, -0.05) is 41.9 Å². The molecule has 2 aromatic carbocycles. The summed E-state index contributed by atoms with van der Waals surface area (Å²) in [6.45, 7) is 0. The SMILES string of the molecule is Cn1c(O)c(C(=Nc2ccc(Cc3ccncc3)cc2)c2ccccc2Cl)c(=O)n(C)c1=O. The molecule has 2 heterocycles. The Kier molecular flexibility index (Phi) is 6.24. The smallest absolute Gasteiger partial charge is 0.333 e. The van der Waals surface area contributed by atoms with E-state index in [0.717, 1.165) is 26.7 Å². The van der Waals surface area contributed by atoms with E-state index in [-0.39, 0.29) is 11.3 Å². The molecule has 7 nitrogen and oxygen atoms in total. The topological polar surface area (TPSA) is 89.5 Å². The second-order valence-electron chi connectivity index (χ2n) is 7.54. The van der Waals surface area contributed by atoms with Gasteiger partial charge < -0.3 is 5.11 Å². The van der Waals surface area contributed by atoms with E-state index in [1.165, 1.54) is 14.1 Å². The summed E-state index contributed by atoms with van der Waals surface area (Å²) in [5.74, 6) is -0.476. The minimum atomic E-state index is -0.663. The molecule has 33 heavy (non-hydrogen) atoms. The zero-order valence-electron chi connectivity index (χ0n) is 18.1. The lowest BCUT2D eigenvalue weighted by Crippen LogP contribution is -2.40. The highest BCUT2D eigenvalue weighted by atomic mass is 35.5. The van der Waals surface area contributed by atoms with E-state index in [0.29, 0.717) is 16.3 Å². The highest BCUT2D eigenvalue weighted by Crippen LogP contribution is 2.25. The van der Waals surface area contributed by atoms with Crippen LogP contribution in [0.25, 0.3) is 0 Å². The summed E-state index contributed by atoms with van der Waals surface area (Å²) in [6, 6.07) is 18.4. The van der Waals surface area contributed by atoms with Gasteiger partial charge in [-0.3, -0.25) is 18.9 Å². The highest BCUT2D eigenvalue weighted by Gasteiger charge is 2.23. The van der Waals surface area contributed by atoms with Crippen molar-refractivity contribution in [2.24, 2.45) is 19.1 Å². The molecule has 0 aliphatic rings. The number of benzene rings is 2. The van der Waals surface area contributed by atoms with Gasteiger partial charge in [-0.05, 0) is 47.9 Å². The molecule has 1 N–H and O–H groups in total. The Morgan fingerprint density at radius 2 is 1.58 bits per heavy atom. The number of aliphatic imine (C=N–C) groups is 1. The molecule has 0 saturated heterocycles. The Labute approximate surface area is 194 Å². The molecule has 0 radical (unpaired) electrons. The van der Waals surface area contributed by atoms with E-state index in [1.54, 1.807) is 36.7 Å². The fourth-order valence-corrected chi connectivity index (χ4v) is 3.72. The number of rotatable bonds is 5. The van der Waals surface area contributed by atoms with Crippen LogP contribution < -0.4 is 11.2 Å². The molecule has 0 aliphatic carbocycles. The van der Waals surface area contributed by atoms with Crippen molar-refractivity contribution in [1.29, 1.82) is 0 Å². The first-order valence-corrected chi connectivity index (χ1v) is 10.6. The number of aromatic hydroxyl groups is 1. The summed E-state index contributed by atoms with van der Waals surface area (Å²) in [5, 5.41) is 11.1. The van der Waals surface area contributed by atoms with Crippen molar-refractivity contribution in [3.63, 3.8) is 0 Å². The van der Waals surface area contributed by atoms with Crippen LogP contribution in [0, 0.1) is 0 Å². The molecule has 8 heteroatoms. The van der Waals surface area contributed by atoms with Crippen LogP contribution in [0.4, 0.5) is 5.69 Å². The monoisotopic (exact) mass is 460 g/mol. The maximum Gasteiger partial charge on any atom is 0.333 e. The Bertz CT molecular complexity index is 1460. The van der Waals surface area contributed by atoms with Gasteiger partial charge in [0.2, 0.25) is 5.88 Å². The first kappa shape index (κ1) is 22.2. The number of hydrogen-bond donors (Lipinski definition) is 1. The molecule has 0 amide bonds. The zero-order chi connectivity index (χ0) is 23.5. The van der Waals surface area contributed by atoms with Gasteiger partial charge in [-0.25, -0.2) is 9.79 Å². The molecular formula is C25H21ClN4O3. The molecule has 0 spiro atoms. The molecule has 0 saturated carbocycles. The number of pyridine rings is 1. The van der Waals surface area contributed by atoms with E-state index in [1.807, 2.05) is 36.4 Å². The molecule has 0 atom stereocenters. The Balaban J connectivity index is 1.85. The van der Waals surface area contributed by atoms with Crippen LogP contribution >= 0.6 is 11.6 Å². The third kappa shape index (κ3) is 4.49. The molecule has 0 bridgehead atoms. The van der Waals surface area contributed by atoms with Gasteiger partial charge in [0.15, 0.2) is 0 Å². The van der Waals surface area contributed by atoms with Crippen LogP contribution in [0.5, 0.6) is 5.88 Å². The summed E-state index contributed by atoms with van der Waals surface area (Å²) in [7, 11) is 2.74. The number of nitrogens with zero attached hydrogens (tertiary/aromatic N) is 4. The van der Waals surface area contributed by atoms with E-state index < -0.39 is 17.1 Å². The average molecular weight is 461 g/mol. The minimum Gasteiger partial charge on any atom is -0.494 e. The average Bonchev–Trinajstić information content (AvgIpc) is 2.83. The fraction of sp³-hybridized carbons (Fsp3) is 0.120. The van der Waals surface area contributed by atoms with Gasteiger partial charge in [0, 0.05) is 37.1 Å². The van der Waals surface area contributed by atoms with Crippen molar-refractivity contribution in [1.82, 2.24) is 14.1 Å². The lowest BCUT2D eigenvalue weighted by molar-refractivity contribution is 0.410. The van der Waals surface area contributed by atoms with Gasteiger partial charge >= 0.3 is 5.69 Å². The van der Waals surface area contributed by atoms with Crippen LogP contribution in [0.2, 0.25) is 5.02 Å². The number of halogens is 1. The molecule has 0 unspecified atom stereocenters. The molecule has 0 aliphatic heterocycles. The van der Waals surface area contributed by atoms with E-state index in [9.17, 15) is 14.7 Å². The van der Waals surface area contributed by atoms with Crippen molar-refractivity contribution >= 4 is 23.0 Å². The summed E-state index contributed by atoms with van der Waals surface area (Å²) in [4.78, 5) is 33.9. The predicted molar refractivity (Wildman–Crippen MR) is 129 cm³/mol. The van der Waals surface area contributed by atoms with E-state index >= 15 is 0 Å². The van der Waals surface area contributed by atoms with Gasteiger partial charge in [0.05, 0.1) is 11.4 Å². The quantitative estimate of drug-likeness (QED) is 0.461. The number of hydrogen-bond acceptors (Lipinski definition) is 5. The molecule has 0 fully saturated rings. The molecule has 166 valence electrons. The maximum absolute atomic E-state index is 13.0. The fourth-order valence-electron chi connectivity index (χ4n) is 3.50. The third-order valence-corrected chi connectivity index (χ3v) is 5.66. The third-order valence-electron chi connectivity index (χ3n) is 5.33. The lowest BCUT2D eigenvalue weighted by Gasteiger charge is -2.14. The number of aromatic nitrogens is 3. The minimum absolute atomic E-state index is 0.103. The normalized spacial score (nSPS) is 11.5.